The number of amides is 2. The molecular weight excluding hydrogens is 286 g/mol. The van der Waals surface area contributed by atoms with E-state index >= 15 is 0 Å². The van der Waals surface area contributed by atoms with Crippen LogP contribution in [0.5, 0.6) is 0 Å². The van der Waals surface area contributed by atoms with Gasteiger partial charge in [-0.1, -0.05) is 6.92 Å². The highest BCUT2D eigenvalue weighted by molar-refractivity contribution is 7.80. The Morgan fingerprint density at radius 3 is 2.52 bits per heavy atom. The van der Waals surface area contributed by atoms with Crippen LogP contribution in [-0.4, -0.2) is 29.0 Å². The van der Waals surface area contributed by atoms with Gasteiger partial charge in [0.25, 0.3) is 11.8 Å². The zero-order valence-corrected chi connectivity index (χ0v) is 13.2. The van der Waals surface area contributed by atoms with Crippen molar-refractivity contribution in [1.82, 2.24) is 10.6 Å². The summed E-state index contributed by atoms with van der Waals surface area (Å²) in [5.41, 5.74) is 1.24. The highest BCUT2D eigenvalue weighted by Crippen LogP contribution is 2.20. The van der Waals surface area contributed by atoms with Crippen molar-refractivity contribution < 1.29 is 9.59 Å². The number of rotatable bonds is 4. The van der Waals surface area contributed by atoms with E-state index in [1.54, 1.807) is 31.2 Å². The molecule has 0 saturated carbocycles. The fourth-order valence-electron chi connectivity index (χ4n) is 2.02. The van der Waals surface area contributed by atoms with E-state index in [2.05, 4.69) is 10.6 Å². The Morgan fingerprint density at radius 2 is 2.05 bits per heavy atom. The number of thiocarbonyl (C=S) groups is 1. The number of hydrogen-bond donors (Lipinski definition) is 2. The first-order chi connectivity index (χ1) is 9.93. The van der Waals surface area contributed by atoms with E-state index in [-0.39, 0.29) is 23.9 Å². The first kappa shape index (κ1) is 15.4. The Balaban J connectivity index is 2.14. The molecule has 5 nitrogen and oxygen atoms in total. The minimum atomic E-state index is -0.314. The van der Waals surface area contributed by atoms with Gasteiger partial charge in [0.1, 0.15) is 6.04 Å². The van der Waals surface area contributed by atoms with Crippen molar-refractivity contribution in [2.45, 2.75) is 39.3 Å². The molecule has 1 aromatic carbocycles. The molecule has 1 aliphatic heterocycles. The molecule has 21 heavy (non-hydrogen) atoms. The third-order valence-corrected chi connectivity index (χ3v) is 3.81. The topological polar surface area (TPSA) is 61.4 Å². The summed E-state index contributed by atoms with van der Waals surface area (Å²) >= 11 is 5.15. The fourth-order valence-corrected chi connectivity index (χ4v) is 2.39. The van der Waals surface area contributed by atoms with Gasteiger partial charge >= 0.3 is 0 Å². The largest absolute Gasteiger partial charge is 0.350 e. The van der Waals surface area contributed by atoms with Crippen LogP contribution in [0.15, 0.2) is 24.3 Å². The van der Waals surface area contributed by atoms with Crippen molar-refractivity contribution in [3.05, 3.63) is 29.8 Å². The second-order valence-electron chi connectivity index (χ2n) is 5.17. The number of carbonyl (C=O) groups excluding carboxylic acids is 2. The van der Waals surface area contributed by atoms with Gasteiger partial charge in [-0.2, -0.15) is 0 Å². The summed E-state index contributed by atoms with van der Waals surface area (Å²) in [5.74, 6) is -0.200. The molecule has 1 heterocycles. The summed E-state index contributed by atoms with van der Waals surface area (Å²) in [6.07, 6.45) is 0.879. The van der Waals surface area contributed by atoms with Crippen molar-refractivity contribution in [3.63, 3.8) is 0 Å². The molecule has 1 fully saturated rings. The van der Waals surface area contributed by atoms with Crippen molar-refractivity contribution >= 4 is 34.8 Å². The molecule has 0 radical (unpaired) electrons. The summed E-state index contributed by atoms with van der Waals surface area (Å²) in [7, 11) is 0. The number of carbonyl (C=O) groups is 2. The van der Waals surface area contributed by atoms with Crippen LogP contribution in [-0.2, 0) is 4.79 Å². The lowest BCUT2D eigenvalue weighted by Gasteiger charge is -2.16. The summed E-state index contributed by atoms with van der Waals surface area (Å²) < 4.78 is 0. The van der Waals surface area contributed by atoms with Crippen molar-refractivity contribution in [1.29, 1.82) is 0 Å². The van der Waals surface area contributed by atoms with E-state index < -0.39 is 0 Å². The van der Waals surface area contributed by atoms with Crippen molar-refractivity contribution in [2.24, 2.45) is 0 Å². The number of anilines is 1. The predicted molar refractivity (Wildman–Crippen MR) is 86.3 cm³/mol. The molecule has 2 atom stereocenters. The molecule has 0 aromatic heterocycles. The van der Waals surface area contributed by atoms with Crippen LogP contribution in [0.1, 0.15) is 37.6 Å². The van der Waals surface area contributed by atoms with E-state index in [1.165, 1.54) is 4.90 Å². The Kier molecular flexibility index (Phi) is 4.57. The normalized spacial score (nSPS) is 19.4. The van der Waals surface area contributed by atoms with Gasteiger partial charge in [0.05, 0.1) is 5.69 Å². The van der Waals surface area contributed by atoms with Gasteiger partial charge < -0.3 is 10.6 Å². The Hall–Kier alpha value is -1.95. The molecule has 1 aliphatic rings. The second kappa shape index (κ2) is 6.22. The lowest BCUT2D eigenvalue weighted by Crippen LogP contribution is -2.32. The highest BCUT2D eigenvalue weighted by atomic mass is 32.1. The van der Waals surface area contributed by atoms with E-state index in [1.807, 2.05) is 13.8 Å². The van der Waals surface area contributed by atoms with Crippen LogP contribution in [0.2, 0.25) is 0 Å². The third kappa shape index (κ3) is 3.21. The van der Waals surface area contributed by atoms with Crippen molar-refractivity contribution in [2.75, 3.05) is 4.90 Å². The molecule has 2 amide bonds. The summed E-state index contributed by atoms with van der Waals surface area (Å²) in [6, 6.07) is 6.68. The maximum Gasteiger partial charge on any atom is 0.255 e. The second-order valence-corrected chi connectivity index (χ2v) is 5.56. The van der Waals surface area contributed by atoms with Gasteiger partial charge in [0.2, 0.25) is 0 Å². The van der Waals surface area contributed by atoms with Gasteiger partial charge in [-0.15, -0.1) is 0 Å². The molecular formula is C15H19N3O2S. The molecule has 6 heteroatoms. The molecule has 0 spiro atoms. The number of nitrogens with zero attached hydrogens (tertiary/aromatic N) is 1. The third-order valence-electron chi connectivity index (χ3n) is 3.51. The maximum atomic E-state index is 12.0. The quantitative estimate of drug-likeness (QED) is 0.833. The molecule has 1 saturated heterocycles. The predicted octanol–water partition coefficient (Wildman–Crippen LogP) is 1.82. The van der Waals surface area contributed by atoms with E-state index in [0.29, 0.717) is 16.4 Å². The smallest absolute Gasteiger partial charge is 0.255 e. The molecule has 2 N–H and O–H groups in total. The molecule has 0 unspecified atom stereocenters. The Labute approximate surface area is 129 Å². The van der Waals surface area contributed by atoms with Gasteiger partial charge in [0, 0.05) is 11.6 Å². The summed E-state index contributed by atoms with van der Waals surface area (Å²) in [5, 5.41) is 6.21. The first-order valence-electron chi connectivity index (χ1n) is 6.99. The lowest BCUT2D eigenvalue weighted by molar-refractivity contribution is -0.117. The van der Waals surface area contributed by atoms with Crippen LogP contribution in [0.3, 0.4) is 0 Å². The standard InChI is InChI=1S/C15H19N3O2S/c1-4-9(2)16-13(19)11-5-7-12(8-6-11)18-14(20)10(3)17-15(18)21/h5-10H,4H2,1-3H3,(H,16,19)(H,17,21)/t9-,10-/m1/s1. The van der Waals surface area contributed by atoms with Crippen LogP contribution in [0.25, 0.3) is 0 Å². The minimum Gasteiger partial charge on any atom is -0.350 e. The van der Waals surface area contributed by atoms with Gasteiger partial charge in [-0.25, -0.2) is 0 Å². The zero-order valence-electron chi connectivity index (χ0n) is 12.3. The minimum absolute atomic E-state index is 0.0863. The van der Waals surface area contributed by atoms with E-state index in [4.69, 9.17) is 12.2 Å². The number of hydrogen-bond acceptors (Lipinski definition) is 3. The van der Waals surface area contributed by atoms with Crippen LogP contribution >= 0.6 is 12.2 Å². The Bertz CT molecular complexity index is 571. The SMILES string of the molecule is CC[C@@H](C)NC(=O)c1ccc(N2C(=O)[C@@H](C)NC2=S)cc1. The molecule has 112 valence electrons. The molecule has 0 bridgehead atoms. The number of nitrogens with one attached hydrogen (secondary N) is 2. The van der Waals surface area contributed by atoms with Crippen LogP contribution in [0.4, 0.5) is 5.69 Å². The van der Waals surface area contributed by atoms with Gasteiger partial charge in [0.15, 0.2) is 5.11 Å². The molecule has 0 aliphatic carbocycles. The van der Waals surface area contributed by atoms with Gasteiger partial charge in [-0.05, 0) is 56.8 Å². The monoisotopic (exact) mass is 305 g/mol. The van der Waals surface area contributed by atoms with Crippen LogP contribution in [0, 0.1) is 0 Å². The fraction of sp³-hybridized carbons (Fsp3) is 0.400. The lowest BCUT2D eigenvalue weighted by atomic mass is 10.1. The average Bonchev–Trinajstić information content (AvgIpc) is 2.72. The van der Waals surface area contributed by atoms with Gasteiger partial charge in [-0.3, -0.25) is 14.5 Å². The average molecular weight is 305 g/mol. The Morgan fingerprint density at radius 1 is 1.43 bits per heavy atom. The highest BCUT2D eigenvalue weighted by Gasteiger charge is 2.33. The van der Waals surface area contributed by atoms with E-state index in [0.717, 1.165) is 6.42 Å². The van der Waals surface area contributed by atoms with E-state index in [9.17, 15) is 9.59 Å². The zero-order chi connectivity index (χ0) is 15.6. The molecule has 1 aromatic rings. The maximum absolute atomic E-state index is 12.0. The summed E-state index contributed by atoms with van der Waals surface area (Å²) in [6.45, 7) is 5.74. The number of benzene rings is 1. The van der Waals surface area contributed by atoms with Crippen molar-refractivity contribution in [3.8, 4) is 0 Å². The summed E-state index contributed by atoms with van der Waals surface area (Å²) in [4.78, 5) is 25.5. The first-order valence-corrected chi connectivity index (χ1v) is 7.40. The van der Waals surface area contributed by atoms with Crippen LogP contribution < -0.4 is 15.5 Å². The molecule has 2 rings (SSSR count).